The first-order chi connectivity index (χ1) is 14.2. The Hall–Kier alpha value is -2.22. The molecule has 1 amide bonds. The number of nitrogens with one attached hydrogen (secondary N) is 1. The fraction of sp³-hybridized carbons (Fsp3) is 0.286. The number of ether oxygens (including phenoxy) is 1. The zero-order chi connectivity index (χ0) is 21.8. The quantitative estimate of drug-likeness (QED) is 0.460. The van der Waals surface area contributed by atoms with E-state index in [4.69, 9.17) is 27.9 Å². The summed E-state index contributed by atoms with van der Waals surface area (Å²) in [5, 5.41) is 12.7. The van der Waals surface area contributed by atoms with Gasteiger partial charge in [0, 0.05) is 22.8 Å². The van der Waals surface area contributed by atoms with Crippen molar-refractivity contribution in [1.82, 2.24) is 14.8 Å². The minimum atomic E-state index is -0.290. The van der Waals surface area contributed by atoms with Crippen LogP contribution in [0.15, 0.2) is 41.6 Å². The molecule has 0 aliphatic rings. The average Bonchev–Trinajstić information content (AvgIpc) is 3.03. The average molecular weight is 465 g/mol. The number of aromatic nitrogens is 3. The number of nitrogens with zero attached hydrogens (tertiary/aromatic N) is 3. The number of thioether (sulfide) groups is 1. The molecule has 3 aromatic rings. The normalized spacial score (nSPS) is 11.9. The number of halogens is 2. The zero-order valence-electron chi connectivity index (χ0n) is 17.1. The van der Waals surface area contributed by atoms with Gasteiger partial charge in [0.25, 0.3) is 0 Å². The van der Waals surface area contributed by atoms with Gasteiger partial charge in [-0.15, -0.1) is 10.2 Å². The molecule has 0 aliphatic heterocycles. The predicted octanol–water partition coefficient (Wildman–Crippen LogP) is 5.61. The third kappa shape index (κ3) is 5.68. The summed E-state index contributed by atoms with van der Waals surface area (Å²) in [4.78, 5) is 12.3. The molecule has 3 rings (SSSR count). The summed E-state index contributed by atoms with van der Waals surface area (Å²) in [6.45, 7) is 6.03. The highest BCUT2D eigenvalue weighted by Gasteiger charge is 2.18. The van der Waals surface area contributed by atoms with Crippen molar-refractivity contribution >= 4 is 46.6 Å². The monoisotopic (exact) mass is 464 g/mol. The molecule has 0 fully saturated rings. The molecule has 30 heavy (non-hydrogen) atoms. The lowest BCUT2D eigenvalue weighted by atomic mass is 10.1. The van der Waals surface area contributed by atoms with Crippen LogP contribution in [0.3, 0.4) is 0 Å². The van der Waals surface area contributed by atoms with Crippen LogP contribution >= 0.6 is 35.0 Å². The second-order valence-electron chi connectivity index (χ2n) is 6.90. The molecule has 6 nitrogen and oxygen atoms in total. The highest BCUT2D eigenvalue weighted by Crippen LogP contribution is 2.26. The summed E-state index contributed by atoms with van der Waals surface area (Å²) < 4.78 is 7.85. The van der Waals surface area contributed by atoms with Gasteiger partial charge in [-0.3, -0.25) is 4.79 Å². The second kappa shape index (κ2) is 9.73. The van der Waals surface area contributed by atoms with E-state index < -0.39 is 0 Å². The molecule has 9 heteroatoms. The van der Waals surface area contributed by atoms with Crippen LogP contribution in [0.4, 0.5) is 5.69 Å². The Balaban J connectivity index is 1.60. The van der Waals surface area contributed by atoms with E-state index in [1.807, 2.05) is 43.7 Å². The van der Waals surface area contributed by atoms with Crippen molar-refractivity contribution in [2.75, 3.05) is 11.1 Å². The van der Waals surface area contributed by atoms with E-state index >= 15 is 0 Å². The van der Waals surface area contributed by atoms with Crippen LogP contribution < -0.4 is 10.1 Å². The maximum Gasteiger partial charge on any atom is 0.234 e. The third-order valence-electron chi connectivity index (χ3n) is 4.50. The Morgan fingerprint density at radius 1 is 1.13 bits per heavy atom. The molecule has 1 unspecified atom stereocenters. The molecule has 1 aromatic heterocycles. The Morgan fingerprint density at radius 3 is 2.50 bits per heavy atom. The molecule has 158 valence electrons. The number of hydrogen-bond donors (Lipinski definition) is 1. The first-order valence-electron chi connectivity index (χ1n) is 9.25. The van der Waals surface area contributed by atoms with Gasteiger partial charge < -0.3 is 14.6 Å². The van der Waals surface area contributed by atoms with Crippen molar-refractivity contribution in [2.45, 2.75) is 32.0 Å². The topological polar surface area (TPSA) is 69.0 Å². The first-order valence-corrected chi connectivity index (χ1v) is 11.0. The summed E-state index contributed by atoms with van der Waals surface area (Å²) in [7, 11) is 1.85. The number of carbonyl (C=O) groups excluding carboxylic acids is 1. The Kier molecular flexibility index (Phi) is 7.28. The summed E-state index contributed by atoms with van der Waals surface area (Å²) in [6, 6.07) is 10.9. The largest absolute Gasteiger partial charge is 0.483 e. The second-order valence-corrected chi connectivity index (χ2v) is 8.72. The van der Waals surface area contributed by atoms with Crippen LogP contribution in [0, 0.1) is 13.8 Å². The van der Waals surface area contributed by atoms with Crippen molar-refractivity contribution in [1.29, 1.82) is 0 Å². The Bertz CT molecular complexity index is 1050. The van der Waals surface area contributed by atoms with Crippen molar-refractivity contribution in [3.05, 3.63) is 63.4 Å². The molecule has 0 aliphatic carbocycles. The fourth-order valence-electron chi connectivity index (χ4n) is 2.80. The molecular formula is C21H22Cl2N4O2S. The van der Waals surface area contributed by atoms with Gasteiger partial charge in [-0.2, -0.15) is 0 Å². The molecule has 0 spiro atoms. The number of benzene rings is 2. The van der Waals surface area contributed by atoms with Gasteiger partial charge in [0.1, 0.15) is 5.75 Å². The number of rotatable bonds is 7. The van der Waals surface area contributed by atoms with E-state index in [1.165, 1.54) is 22.9 Å². The van der Waals surface area contributed by atoms with E-state index in [0.29, 0.717) is 26.7 Å². The summed E-state index contributed by atoms with van der Waals surface area (Å²) in [5.41, 5.74) is 2.93. The first kappa shape index (κ1) is 22.5. The van der Waals surface area contributed by atoms with Crippen LogP contribution in [0.25, 0.3) is 0 Å². The van der Waals surface area contributed by atoms with E-state index in [9.17, 15) is 4.79 Å². The van der Waals surface area contributed by atoms with Gasteiger partial charge in [0.05, 0.1) is 5.75 Å². The number of carbonyl (C=O) groups is 1. The van der Waals surface area contributed by atoms with E-state index in [2.05, 4.69) is 22.4 Å². The third-order valence-corrected chi connectivity index (χ3v) is 5.96. The van der Waals surface area contributed by atoms with Crippen molar-refractivity contribution in [2.24, 2.45) is 7.05 Å². The van der Waals surface area contributed by atoms with Crippen LogP contribution in [-0.4, -0.2) is 26.4 Å². The van der Waals surface area contributed by atoms with Crippen molar-refractivity contribution < 1.29 is 9.53 Å². The van der Waals surface area contributed by atoms with Crippen molar-refractivity contribution in [3.8, 4) is 5.75 Å². The summed E-state index contributed by atoms with van der Waals surface area (Å²) in [6.07, 6.45) is -0.290. The number of anilines is 1. The molecule has 0 radical (unpaired) electrons. The molecular weight excluding hydrogens is 443 g/mol. The molecule has 0 saturated carbocycles. The molecule has 0 saturated heterocycles. The van der Waals surface area contributed by atoms with E-state index in [1.54, 1.807) is 18.2 Å². The number of aryl methyl sites for hydroxylation is 2. The number of hydrogen-bond acceptors (Lipinski definition) is 5. The molecule has 1 N–H and O–H groups in total. The van der Waals surface area contributed by atoms with Gasteiger partial charge in [-0.25, -0.2) is 0 Å². The summed E-state index contributed by atoms with van der Waals surface area (Å²) >= 11 is 13.2. The van der Waals surface area contributed by atoms with Crippen LogP contribution in [-0.2, 0) is 11.8 Å². The lowest BCUT2D eigenvalue weighted by Crippen LogP contribution is -2.15. The highest BCUT2D eigenvalue weighted by atomic mass is 35.5. The Labute approximate surface area is 189 Å². The predicted molar refractivity (Wildman–Crippen MR) is 122 cm³/mol. The molecule has 2 aromatic carbocycles. The SMILES string of the molecule is Cc1ccc(OC(C)c2nnc(SCC(=O)Nc3cc(Cl)cc(Cl)c3)n2C)cc1C. The van der Waals surface area contributed by atoms with Crippen LogP contribution in [0.1, 0.15) is 30.0 Å². The van der Waals surface area contributed by atoms with Gasteiger partial charge in [0.15, 0.2) is 17.1 Å². The standard InChI is InChI=1S/C21H22Cl2N4O2S/c1-12-5-6-18(7-13(12)2)29-14(3)20-25-26-21(27(20)4)30-11-19(28)24-17-9-15(22)8-16(23)10-17/h5-10,14H,11H2,1-4H3,(H,24,28). The Morgan fingerprint density at radius 2 is 1.83 bits per heavy atom. The molecule has 1 atom stereocenters. The van der Waals surface area contributed by atoms with E-state index in [0.717, 1.165) is 5.75 Å². The highest BCUT2D eigenvalue weighted by molar-refractivity contribution is 7.99. The fourth-order valence-corrected chi connectivity index (χ4v) is 4.05. The maximum atomic E-state index is 12.3. The molecule has 0 bridgehead atoms. The minimum Gasteiger partial charge on any atom is -0.483 e. The lowest BCUT2D eigenvalue weighted by Gasteiger charge is -2.15. The van der Waals surface area contributed by atoms with Crippen LogP contribution in [0.5, 0.6) is 5.75 Å². The molecule has 1 heterocycles. The summed E-state index contributed by atoms with van der Waals surface area (Å²) in [5.74, 6) is 1.44. The van der Waals surface area contributed by atoms with Gasteiger partial charge in [-0.1, -0.05) is 41.0 Å². The van der Waals surface area contributed by atoms with E-state index in [-0.39, 0.29) is 17.8 Å². The van der Waals surface area contributed by atoms with Gasteiger partial charge in [-0.05, 0) is 62.2 Å². The van der Waals surface area contributed by atoms with Gasteiger partial charge in [0.2, 0.25) is 5.91 Å². The van der Waals surface area contributed by atoms with Crippen LogP contribution in [0.2, 0.25) is 10.0 Å². The van der Waals surface area contributed by atoms with Gasteiger partial charge >= 0.3 is 0 Å². The number of amides is 1. The minimum absolute atomic E-state index is 0.169. The maximum absolute atomic E-state index is 12.3. The smallest absolute Gasteiger partial charge is 0.234 e. The zero-order valence-corrected chi connectivity index (χ0v) is 19.4. The van der Waals surface area contributed by atoms with Crippen molar-refractivity contribution in [3.63, 3.8) is 0 Å². The lowest BCUT2D eigenvalue weighted by molar-refractivity contribution is -0.113.